The molecule has 138 valence electrons. The maximum atomic E-state index is 12.8. The summed E-state index contributed by atoms with van der Waals surface area (Å²) in [7, 11) is 0. The number of aromatic nitrogens is 2. The lowest BCUT2D eigenvalue weighted by molar-refractivity contribution is 0.0740. The summed E-state index contributed by atoms with van der Waals surface area (Å²) in [5.41, 5.74) is 2.93. The van der Waals surface area contributed by atoms with Crippen LogP contribution in [-0.2, 0) is 0 Å². The normalized spacial score (nSPS) is 14.6. The monoisotopic (exact) mass is 353 g/mol. The van der Waals surface area contributed by atoms with E-state index in [-0.39, 0.29) is 5.91 Å². The second-order valence-corrected chi connectivity index (χ2v) is 7.18. The molecule has 1 amide bonds. The largest absolute Gasteiger partial charge is 0.370 e. The number of hydrogen-bond acceptors (Lipinski definition) is 5. The second kappa shape index (κ2) is 8.17. The molecule has 6 nitrogen and oxygen atoms in total. The van der Waals surface area contributed by atoms with Gasteiger partial charge in [-0.2, -0.15) is 0 Å². The topological polar surface area (TPSA) is 61.4 Å². The van der Waals surface area contributed by atoms with Crippen molar-refractivity contribution in [1.82, 2.24) is 14.9 Å². The molecule has 1 N–H and O–H groups in total. The Labute approximate surface area is 155 Å². The molecule has 3 rings (SSSR count). The van der Waals surface area contributed by atoms with E-state index in [4.69, 9.17) is 0 Å². The van der Waals surface area contributed by atoms with Crippen LogP contribution in [0.25, 0.3) is 0 Å². The number of nitrogens with one attached hydrogen (secondary N) is 1. The van der Waals surface area contributed by atoms with Crippen molar-refractivity contribution in [1.29, 1.82) is 0 Å². The molecule has 2 aromatic rings. The van der Waals surface area contributed by atoms with E-state index in [2.05, 4.69) is 65.2 Å². The Balaban J connectivity index is 1.60. The van der Waals surface area contributed by atoms with Gasteiger partial charge < -0.3 is 15.1 Å². The zero-order chi connectivity index (χ0) is 18.5. The van der Waals surface area contributed by atoms with Crippen LogP contribution in [0.3, 0.4) is 0 Å². The molecule has 0 radical (unpaired) electrons. The fourth-order valence-corrected chi connectivity index (χ4v) is 3.03. The van der Waals surface area contributed by atoms with Gasteiger partial charge in [-0.25, -0.2) is 9.97 Å². The first kappa shape index (κ1) is 18.2. The fourth-order valence-electron chi connectivity index (χ4n) is 3.03. The summed E-state index contributed by atoms with van der Waals surface area (Å²) in [5, 5.41) is 3.25. The lowest BCUT2D eigenvalue weighted by atomic mass is 10.2. The predicted molar refractivity (Wildman–Crippen MR) is 105 cm³/mol. The molecule has 1 aromatic carbocycles. The van der Waals surface area contributed by atoms with Crippen LogP contribution in [0, 0.1) is 12.8 Å². The molecular formula is C20H27N5O. The predicted octanol–water partition coefficient (Wildman–Crippen LogP) is 2.82. The number of benzene rings is 1. The summed E-state index contributed by atoms with van der Waals surface area (Å²) in [4.78, 5) is 25.4. The van der Waals surface area contributed by atoms with Gasteiger partial charge in [-0.3, -0.25) is 4.79 Å². The molecule has 0 saturated carbocycles. The molecule has 0 aliphatic carbocycles. The van der Waals surface area contributed by atoms with E-state index in [1.165, 1.54) is 17.6 Å². The van der Waals surface area contributed by atoms with E-state index < -0.39 is 0 Å². The summed E-state index contributed by atoms with van der Waals surface area (Å²) >= 11 is 0. The molecule has 1 fully saturated rings. The number of piperazine rings is 1. The van der Waals surface area contributed by atoms with E-state index >= 15 is 0 Å². The number of nitrogens with zero attached hydrogens (tertiary/aromatic N) is 4. The molecule has 1 saturated heterocycles. The maximum Gasteiger partial charge on any atom is 0.272 e. The van der Waals surface area contributed by atoms with Gasteiger partial charge >= 0.3 is 0 Å². The Morgan fingerprint density at radius 3 is 2.62 bits per heavy atom. The van der Waals surface area contributed by atoms with Crippen molar-refractivity contribution in [3.8, 4) is 0 Å². The van der Waals surface area contributed by atoms with E-state index in [1.807, 2.05) is 4.90 Å². The van der Waals surface area contributed by atoms with Crippen LogP contribution in [0.5, 0.6) is 0 Å². The Morgan fingerprint density at radius 2 is 1.92 bits per heavy atom. The van der Waals surface area contributed by atoms with Crippen LogP contribution in [0.4, 0.5) is 11.5 Å². The first-order valence-corrected chi connectivity index (χ1v) is 9.20. The summed E-state index contributed by atoms with van der Waals surface area (Å²) < 4.78 is 0. The molecular weight excluding hydrogens is 326 g/mol. The van der Waals surface area contributed by atoms with Gasteiger partial charge in [0.2, 0.25) is 0 Å². The van der Waals surface area contributed by atoms with Gasteiger partial charge in [0, 0.05) is 44.5 Å². The smallest absolute Gasteiger partial charge is 0.272 e. The molecule has 1 aromatic heterocycles. The lowest BCUT2D eigenvalue weighted by Crippen LogP contribution is -2.49. The summed E-state index contributed by atoms with van der Waals surface area (Å²) in [5.74, 6) is 1.19. The van der Waals surface area contributed by atoms with E-state index in [0.717, 1.165) is 19.6 Å². The lowest BCUT2D eigenvalue weighted by Gasteiger charge is -2.36. The number of amides is 1. The average molecular weight is 353 g/mol. The first-order valence-electron chi connectivity index (χ1n) is 9.20. The quantitative estimate of drug-likeness (QED) is 0.896. The Bertz CT molecular complexity index is 753. The maximum absolute atomic E-state index is 12.8. The van der Waals surface area contributed by atoms with Crippen LogP contribution in [0.15, 0.2) is 36.7 Å². The van der Waals surface area contributed by atoms with Gasteiger partial charge in [0.05, 0.1) is 0 Å². The van der Waals surface area contributed by atoms with E-state index in [1.54, 1.807) is 6.07 Å². The summed E-state index contributed by atoms with van der Waals surface area (Å²) in [6.07, 6.45) is 1.46. The molecule has 0 unspecified atom stereocenters. The molecule has 0 bridgehead atoms. The number of hydrogen-bond donors (Lipinski definition) is 1. The molecule has 1 aliphatic rings. The van der Waals surface area contributed by atoms with Crippen molar-refractivity contribution >= 4 is 17.4 Å². The van der Waals surface area contributed by atoms with Crippen molar-refractivity contribution in [2.75, 3.05) is 42.9 Å². The Hall–Kier alpha value is -2.63. The van der Waals surface area contributed by atoms with Crippen molar-refractivity contribution in [2.45, 2.75) is 20.8 Å². The zero-order valence-corrected chi connectivity index (χ0v) is 15.8. The highest BCUT2D eigenvalue weighted by molar-refractivity contribution is 5.93. The number of carbonyl (C=O) groups is 1. The molecule has 0 spiro atoms. The molecule has 1 aliphatic heterocycles. The van der Waals surface area contributed by atoms with Crippen LogP contribution >= 0.6 is 0 Å². The standard InChI is InChI=1S/C20H27N5O/c1-15(2)13-21-19-12-18(22-14-23-19)20(26)25-9-7-24(8-10-25)17-6-4-5-16(3)11-17/h4-6,11-12,14-15H,7-10,13H2,1-3H3,(H,21,22,23). The van der Waals surface area contributed by atoms with Crippen LogP contribution in [0.2, 0.25) is 0 Å². The van der Waals surface area contributed by atoms with Crippen LogP contribution in [-0.4, -0.2) is 53.5 Å². The van der Waals surface area contributed by atoms with Crippen LogP contribution < -0.4 is 10.2 Å². The number of rotatable bonds is 5. The van der Waals surface area contributed by atoms with E-state index in [0.29, 0.717) is 30.5 Å². The molecule has 6 heteroatoms. The molecule has 26 heavy (non-hydrogen) atoms. The second-order valence-electron chi connectivity index (χ2n) is 7.18. The third-order valence-corrected chi connectivity index (χ3v) is 4.51. The highest BCUT2D eigenvalue weighted by Crippen LogP contribution is 2.18. The van der Waals surface area contributed by atoms with E-state index in [9.17, 15) is 4.79 Å². The number of aryl methyl sites for hydroxylation is 1. The van der Waals surface area contributed by atoms with Crippen molar-refractivity contribution in [2.24, 2.45) is 5.92 Å². The van der Waals surface area contributed by atoms with Crippen molar-refractivity contribution < 1.29 is 4.79 Å². The minimum absolute atomic E-state index is 0.0242. The third-order valence-electron chi connectivity index (χ3n) is 4.51. The Morgan fingerprint density at radius 1 is 1.15 bits per heavy atom. The number of carbonyl (C=O) groups excluding carboxylic acids is 1. The summed E-state index contributed by atoms with van der Waals surface area (Å²) in [6, 6.07) is 10.2. The molecule has 0 atom stereocenters. The fraction of sp³-hybridized carbons (Fsp3) is 0.450. The zero-order valence-electron chi connectivity index (χ0n) is 15.8. The van der Waals surface area contributed by atoms with Gasteiger partial charge in [0.25, 0.3) is 5.91 Å². The first-order chi connectivity index (χ1) is 12.5. The minimum Gasteiger partial charge on any atom is -0.370 e. The van der Waals surface area contributed by atoms with Gasteiger partial charge in [0.1, 0.15) is 17.8 Å². The molecule has 2 heterocycles. The van der Waals surface area contributed by atoms with Gasteiger partial charge in [-0.15, -0.1) is 0 Å². The SMILES string of the molecule is Cc1cccc(N2CCN(C(=O)c3cc(NCC(C)C)ncn3)CC2)c1. The third kappa shape index (κ3) is 4.50. The Kier molecular flexibility index (Phi) is 5.71. The van der Waals surface area contributed by atoms with Gasteiger partial charge in [-0.1, -0.05) is 26.0 Å². The van der Waals surface area contributed by atoms with Crippen LogP contribution in [0.1, 0.15) is 29.9 Å². The van der Waals surface area contributed by atoms with Crippen molar-refractivity contribution in [3.63, 3.8) is 0 Å². The minimum atomic E-state index is -0.0242. The van der Waals surface area contributed by atoms with Crippen molar-refractivity contribution in [3.05, 3.63) is 47.9 Å². The van der Waals surface area contributed by atoms with Gasteiger partial charge in [0.15, 0.2) is 0 Å². The van der Waals surface area contributed by atoms with Gasteiger partial charge in [-0.05, 0) is 30.5 Å². The highest BCUT2D eigenvalue weighted by Gasteiger charge is 2.23. The number of anilines is 2. The summed E-state index contributed by atoms with van der Waals surface area (Å²) in [6.45, 7) is 10.2. The highest BCUT2D eigenvalue weighted by atomic mass is 16.2. The average Bonchev–Trinajstić information content (AvgIpc) is 2.66.